The van der Waals surface area contributed by atoms with E-state index in [1.54, 1.807) is 26.1 Å². The Balaban J connectivity index is 2.47. The molecule has 5 heteroatoms. The Labute approximate surface area is 131 Å². The summed E-state index contributed by atoms with van der Waals surface area (Å²) in [5, 5.41) is 3.05. The molecule has 0 aromatic heterocycles. The van der Waals surface area contributed by atoms with Crippen LogP contribution in [-0.2, 0) is 0 Å². The van der Waals surface area contributed by atoms with E-state index in [4.69, 9.17) is 4.74 Å². The molecule has 0 heterocycles. The average Bonchev–Trinajstić information content (AvgIpc) is 2.45. The van der Waals surface area contributed by atoms with Gasteiger partial charge in [-0.3, -0.25) is 0 Å². The number of hydrogen-bond acceptors (Lipinski definition) is 2. The fourth-order valence-electron chi connectivity index (χ4n) is 1.93. The van der Waals surface area contributed by atoms with Crippen LogP contribution in [0.2, 0.25) is 0 Å². The second-order valence-corrected chi connectivity index (χ2v) is 5.68. The summed E-state index contributed by atoms with van der Waals surface area (Å²) < 4.78 is 33.6. The maximum absolute atomic E-state index is 13.8. The van der Waals surface area contributed by atoms with Crippen molar-refractivity contribution in [2.75, 3.05) is 7.05 Å². The summed E-state index contributed by atoms with van der Waals surface area (Å²) in [5.41, 5.74) is 1.15. The van der Waals surface area contributed by atoms with Crippen molar-refractivity contribution < 1.29 is 13.5 Å². The molecule has 0 saturated heterocycles. The van der Waals surface area contributed by atoms with Crippen LogP contribution in [0.25, 0.3) is 0 Å². The molecule has 0 spiro atoms. The zero-order valence-electron chi connectivity index (χ0n) is 12.0. The highest BCUT2D eigenvalue weighted by Crippen LogP contribution is 2.35. The number of aryl methyl sites for hydroxylation is 1. The summed E-state index contributed by atoms with van der Waals surface area (Å²) in [6.07, 6.45) is 0. The van der Waals surface area contributed by atoms with Crippen LogP contribution in [0.5, 0.6) is 11.5 Å². The third-order valence-corrected chi connectivity index (χ3v) is 3.96. The van der Waals surface area contributed by atoms with Crippen LogP contribution in [0.3, 0.4) is 0 Å². The summed E-state index contributed by atoms with van der Waals surface area (Å²) >= 11 is 3.32. The van der Waals surface area contributed by atoms with Gasteiger partial charge in [-0.2, -0.15) is 0 Å². The van der Waals surface area contributed by atoms with E-state index in [0.717, 1.165) is 0 Å². The Bertz CT molecular complexity index is 661. The minimum absolute atomic E-state index is 0.0950. The molecule has 0 aliphatic rings. The highest BCUT2D eigenvalue weighted by Gasteiger charge is 2.15. The molecule has 2 nitrogen and oxygen atoms in total. The van der Waals surface area contributed by atoms with Crippen molar-refractivity contribution >= 4 is 15.9 Å². The van der Waals surface area contributed by atoms with E-state index in [1.807, 2.05) is 6.92 Å². The molecule has 2 aromatic carbocycles. The van der Waals surface area contributed by atoms with E-state index < -0.39 is 5.82 Å². The highest BCUT2D eigenvalue weighted by atomic mass is 79.9. The Morgan fingerprint density at radius 1 is 1.14 bits per heavy atom. The van der Waals surface area contributed by atoms with Crippen molar-refractivity contribution in [3.63, 3.8) is 0 Å². The number of ether oxygens (including phenoxy) is 1. The first kappa shape index (κ1) is 15.9. The van der Waals surface area contributed by atoms with Crippen LogP contribution >= 0.6 is 15.9 Å². The number of rotatable bonds is 4. The minimum atomic E-state index is -0.393. The molecule has 1 N–H and O–H groups in total. The molecular formula is C16H16BrF2NO. The minimum Gasteiger partial charge on any atom is -0.456 e. The monoisotopic (exact) mass is 355 g/mol. The van der Waals surface area contributed by atoms with E-state index in [-0.39, 0.29) is 11.9 Å². The number of nitrogens with one attached hydrogen (secondary N) is 1. The predicted molar refractivity (Wildman–Crippen MR) is 82.8 cm³/mol. The lowest BCUT2D eigenvalue weighted by atomic mass is 10.0. The number of hydrogen-bond donors (Lipinski definition) is 1. The normalized spacial score (nSPS) is 12.3. The molecule has 0 aliphatic heterocycles. The molecule has 0 radical (unpaired) electrons. The average molecular weight is 356 g/mol. The van der Waals surface area contributed by atoms with Gasteiger partial charge >= 0.3 is 0 Å². The fourth-order valence-corrected chi connectivity index (χ4v) is 2.25. The SMILES string of the molecule is CNC(C)c1cc(F)c(C)cc1Oc1cc(F)ccc1Br. The lowest BCUT2D eigenvalue weighted by molar-refractivity contribution is 0.455. The van der Waals surface area contributed by atoms with Crippen LogP contribution in [0.4, 0.5) is 8.78 Å². The van der Waals surface area contributed by atoms with Gasteiger partial charge < -0.3 is 10.1 Å². The van der Waals surface area contributed by atoms with Crippen molar-refractivity contribution in [2.24, 2.45) is 0 Å². The van der Waals surface area contributed by atoms with Gasteiger partial charge in [-0.25, -0.2) is 8.78 Å². The summed E-state index contributed by atoms with van der Waals surface area (Å²) in [6.45, 7) is 3.56. The summed E-state index contributed by atoms with van der Waals surface area (Å²) in [7, 11) is 1.78. The van der Waals surface area contributed by atoms with Crippen molar-refractivity contribution in [1.29, 1.82) is 0 Å². The van der Waals surface area contributed by atoms with Gasteiger partial charge in [0.05, 0.1) is 4.47 Å². The first-order valence-corrected chi connectivity index (χ1v) is 7.32. The van der Waals surface area contributed by atoms with Gasteiger partial charge in [0, 0.05) is 17.7 Å². The van der Waals surface area contributed by atoms with Crippen LogP contribution in [0.1, 0.15) is 24.1 Å². The number of benzene rings is 2. The lowest BCUT2D eigenvalue weighted by Crippen LogP contribution is -2.14. The van der Waals surface area contributed by atoms with E-state index in [2.05, 4.69) is 21.2 Å². The third-order valence-electron chi connectivity index (χ3n) is 3.30. The van der Waals surface area contributed by atoms with Gasteiger partial charge in [0.25, 0.3) is 0 Å². The molecule has 0 amide bonds. The topological polar surface area (TPSA) is 21.3 Å². The number of halogens is 3. The maximum Gasteiger partial charge on any atom is 0.144 e. The van der Waals surface area contributed by atoms with E-state index in [9.17, 15) is 8.78 Å². The summed E-state index contributed by atoms with van der Waals surface area (Å²) in [5.74, 6) is 0.167. The molecule has 0 fully saturated rings. The quantitative estimate of drug-likeness (QED) is 0.822. The molecule has 21 heavy (non-hydrogen) atoms. The van der Waals surface area contributed by atoms with Crippen molar-refractivity contribution in [1.82, 2.24) is 5.32 Å². The smallest absolute Gasteiger partial charge is 0.144 e. The molecule has 0 saturated carbocycles. The molecule has 2 rings (SSSR count). The zero-order valence-corrected chi connectivity index (χ0v) is 13.6. The van der Waals surface area contributed by atoms with Crippen molar-refractivity contribution in [3.05, 3.63) is 57.6 Å². The third kappa shape index (κ3) is 3.60. The second kappa shape index (κ2) is 6.54. The van der Waals surface area contributed by atoms with Crippen LogP contribution in [0, 0.1) is 18.6 Å². The predicted octanol–water partition coefficient (Wildman–Crippen LogP) is 5.11. The zero-order chi connectivity index (χ0) is 15.6. The first-order valence-electron chi connectivity index (χ1n) is 6.52. The largest absolute Gasteiger partial charge is 0.456 e. The van der Waals surface area contributed by atoms with Gasteiger partial charge in [0.2, 0.25) is 0 Å². The molecule has 1 atom stereocenters. The Morgan fingerprint density at radius 2 is 1.86 bits per heavy atom. The Hall–Kier alpha value is -1.46. The molecular weight excluding hydrogens is 340 g/mol. The van der Waals surface area contributed by atoms with Crippen LogP contribution in [0.15, 0.2) is 34.8 Å². The Morgan fingerprint density at radius 3 is 2.52 bits per heavy atom. The first-order chi connectivity index (χ1) is 9.92. The van der Waals surface area contributed by atoms with E-state index in [0.29, 0.717) is 27.1 Å². The highest BCUT2D eigenvalue weighted by molar-refractivity contribution is 9.10. The second-order valence-electron chi connectivity index (χ2n) is 4.83. The van der Waals surface area contributed by atoms with Crippen molar-refractivity contribution in [3.8, 4) is 11.5 Å². The fraction of sp³-hybridized carbons (Fsp3) is 0.250. The molecule has 0 bridgehead atoms. The van der Waals surface area contributed by atoms with Gasteiger partial charge in [-0.1, -0.05) is 0 Å². The molecule has 2 aromatic rings. The maximum atomic E-state index is 13.8. The standard InChI is InChI=1S/C16H16BrF2NO/c1-9-6-15(12(8-14(9)19)10(2)20-3)21-16-7-11(18)4-5-13(16)17/h4-8,10,20H,1-3H3. The van der Waals surface area contributed by atoms with Crippen molar-refractivity contribution in [2.45, 2.75) is 19.9 Å². The summed E-state index contributed by atoms with van der Waals surface area (Å²) in [6, 6.07) is 7.17. The molecule has 1 unspecified atom stereocenters. The van der Waals surface area contributed by atoms with Gasteiger partial charge in [-0.15, -0.1) is 0 Å². The van der Waals surface area contributed by atoms with Gasteiger partial charge in [0.15, 0.2) is 0 Å². The van der Waals surface area contributed by atoms with E-state index >= 15 is 0 Å². The van der Waals surface area contributed by atoms with E-state index in [1.165, 1.54) is 18.2 Å². The molecule has 112 valence electrons. The molecule has 0 aliphatic carbocycles. The van der Waals surface area contributed by atoms with Crippen LogP contribution < -0.4 is 10.1 Å². The Kier molecular flexibility index (Phi) is 4.96. The summed E-state index contributed by atoms with van der Waals surface area (Å²) in [4.78, 5) is 0. The van der Waals surface area contributed by atoms with Crippen LogP contribution in [-0.4, -0.2) is 7.05 Å². The lowest BCUT2D eigenvalue weighted by Gasteiger charge is -2.18. The van der Waals surface area contributed by atoms with Gasteiger partial charge in [0.1, 0.15) is 23.1 Å². The van der Waals surface area contributed by atoms with Gasteiger partial charge in [-0.05, 0) is 66.7 Å².